The molecule has 0 radical (unpaired) electrons. The van der Waals surface area contributed by atoms with E-state index in [1.807, 2.05) is 35.8 Å². The summed E-state index contributed by atoms with van der Waals surface area (Å²) in [6, 6.07) is 7.68. The highest BCUT2D eigenvalue weighted by Gasteiger charge is 2.22. The van der Waals surface area contributed by atoms with Crippen molar-refractivity contribution < 1.29 is 18.3 Å². The van der Waals surface area contributed by atoms with Gasteiger partial charge in [-0.05, 0) is 49.7 Å². The first-order chi connectivity index (χ1) is 15.5. The summed E-state index contributed by atoms with van der Waals surface area (Å²) >= 11 is 0. The molecule has 0 bridgehead atoms. The molecule has 0 fully saturated rings. The van der Waals surface area contributed by atoms with Gasteiger partial charge in [0.25, 0.3) is 0 Å². The SMILES string of the molecule is Cc1ccc(-c2cc3c(cc2Cc2nc4c(N)nc(F)nc4n2CCCN)OCCO3)o1. The van der Waals surface area contributed by atoms with Gasteiger partial charge in [0.15, 0.2) is 28.5 Å². The number of nitrogens with two attached hydrogens (primary N) is 2. The van der Waals surface area contributed by atoms with Gasteiger partial charge in [0, 0.05) is 18.5 Å². The Morgan fingerprint density at radius 3 is 2.59 bits per heavy atom. The number of fused-ring (bicyclic) bond motifs is 2. The molecule has 3 aromatic heterocycles. The lowest BCUT2D eigenvalue weighted by Crippen LogP contribution is -2.16. The van der Waals surface area contributed by atoms with Gasteiger partial charge in [0.2, 0.25) is 0 Å². The molecule has 4 heterocycles. The summed E-state index contributed by atoms with van der Waals surface area (Å²) in [6.45, 7) is 3.86. The molecule has 0 atom stereocenters. The molecular weight excluding hydrogens is 415 g/mol. The van der Waals surface area contributed by atoms with Crippen molar-refractivity contribution in [3.8, 4) is 22.8 Å². The third-order valence-electron chi connectivity index (χ3n) is 5.38. The van der Waals surface area contributed by atoms with Crippen LogP contribution in [0.25, 0.3) is 22.5 Å². The molecule has 1 aliphatic heterocycles. The summed E-state index contributed by atoms with van der Waals surface area (Å²) in [4.78, 5) is 12.2. The standard InChI is InChI=1S/C22H23FN6O3/c1-12-3-4-15(32-12)14-11-17-16(30-7-8-31-17)9-13(14)10-18-26-19-20(25)27-22(23)28-21(19)29(18)6-2-5-24/h3-4,9,11H,2,5-8,10,24H2,1H3,(H2,25,27,28). The summed E-state index contributed by atoms with van der Waals surface area (Å²) in [5, 5.41) is 0. The van der Waals surface area contributed by atoms with Crippen LogP contribution in [0.15, 0.2) is 28.7 Å². The largest absolute Gasteiger partial charge is 0.486 e. The van der Waals surface area contributed by atoms with Crippen LogP contribution < -0.4 is 20.9 Å². The topological polar surface area (TPSA) is 127 Å². The predicted octanol–water partition coefficient (Wildman–Crippen LogP) is 2.83. The van der Waals surface area contributed by atoms with Gasteiger partial charge in [-0.15, -0.1) is 0 Å². The molecular formula is C22H23FN6O3. The zero-order valence-electron chi connectivity index (χ0n) is 17.6. The lowest BCUT2D eigenvalue weighted by molar-refractivity contribution is 0.171. The molecule has 5 rings (SSSR count). The number of rotatable bonds is 6. The van der Waals surface area contributed by atoms with Gasteiger partial charge in [-0.25, -0.2) is 4.98 Å². The molecule has 10 heteroatoms. The molecule has 32 heavy (non-hydrogen) atoms. The lowest BCUT2D eigenvalue weighted by atomic mass is 10.0. The number of aryl methyl sites for hydroxylation is 2. The van der Waals surface area contributed by atoms with E-state index in [2.05, 4.69) is 15.0 Å². The molecule has 0 amide bonds. The van der Waals surface area contributed by atoms with E-state index >= 15 is 0 Å². The number of hydrogen-bond donors (Lipinski definition) is 2. The van der Waals surface area contributed by atoms with Crippen LogP contribution in [0.3, 0.4) is 0 Å². The molecule has 4 N–H and O–H groups in total. The van der Waals surface area contributed by atoms with Crippen LogP contribution in [0, 0.1) is 13.0 Å². The van der Waals surface area contributed by atoms with Gasteiger partial charge in [-0.1, -0.05) is 0 Å². The Hall–Kier alpha value is -3.66. The zero-order valence-corrected chi connectivity index (χ0v) is 17.6. The molecule has 0 aliphatic carbocycles. The summed E-state index contributed by atoms with van der Waals surface area (Å²) in [5.41, 5.74) is 14.2. The van der Waals surface area contributed by atoms with E-state index in [1.165, 1.54) is 0 Å². The maximum absolute atomic E-state index is 13.9. The van der Waals surface area contributed by atoms with Crippen molar-refractivity contribution in [2.24, 2.45) is 5.73 Å². The van der Waals surface area contributed by atoms with E-state index in [0.717, 1.165) is 16.9 Å². The molecule has 0 saturated carbocycles. The normalized spacial score (nSPS) is 13.1. The summed E-state index contributed by atoms with van der Waals surface area (Å²) in [6.07, 6.45) is 0.199. The predicted molar refractivity (Wildman–Crippen MR) is 116 cm³/mol. The molecule has 0 unspecified atom stereocenters. The van der Waals surface area contributed by atoms with Gasteiger partial charge in [-0.2, -0.15) is 14.4 Å². The van der Waals surface area contributed by atoms with Crippen LogP contribution in [-0.2, 0) is 13.0 Å². The number of anilines is 1. The van der Waals surface area contributed by atoms with E-state index in [9.17, 15) is 4.39 Å². The second-order valence-corrected chi connectivity index (χ2v) is 7.61. The number of benzene rings is 1. The number of halogens is 1. The van der Waals surface area contributed by atoms with Crippen molar-refractivity contribution in [1.82, 2.24) is 19.5 Å². The van der Waals surface area contributed by atoms with Crippen LogP contribution in [0.5, 0.6) is 11.5 Å². The zero-order chi connectivity index (χ0) is 22.2. The van der Waals surface area contributed by atoms with Crippen LogP contribution in [0.1, 0.15) is 23.6 Å². The number of nitrogens with zero attached hydrogens (tertiary/aromatic N) is 4. The quantitative estimate of drug-likeness (QED) is 0.440. The molecule has 0 saturated heterocycles. The van der Waals surface area contributed by atoms with E-state index < -0.39 is 6.08 Å². The van der Waals surface area contributed by atoms with Crippen molar-refractivity contribution in [2.45, 2.75) is 26.3 Å². The molecule has 4 aromatic rings. The minimum absolute atomic E-state index is 0.00399. The van der Waals surface area contributed by atoms with Crippen molar-refractivity contribution >= 4 is 17.0 Å². The number of aromatic nitrogens is 4. The van der Waals surface area contributed by atoms with Crippen molar-refractivity contribution in [2.75, 3.05) is 25.5 Å². The Bertz CT molecular complexity index is 1300. The monoisotopic (exact) mass is 438 g/mol. The third-order valence-corrected chi connectivity index (χ3v) is 5.38. The first-order valence-corrected chi connectivity index (χ1v) is 10.4. The van der Waals surface area contributed by atoms with E-state index in [4.69, 9.17) is 25.4 Å². The minimum atomic E-state index is -0.887. The van der Waals surface area contributed by atoms with Crippen molar-refractivity contribution in [3.05, 3.63) is 47.5 Å². The number of nitrogen functional groups attached to an aromatic ring is 1. The first-order valence-electron chi connectivity index (χ1n) is 10.4. The van der Waals surface area contributed by atoms with E-state index in [1.54, 1.807) is 0 Å². The number of imidazole rings is 1. The Balaban J connectivity index is 1.65. The maximum Gasteiger partial charge on any atom is 0.312 e. The van der Waals surface area contributed by atoms with E-state index in [0.29, 0.717) is 73.4 Å². The Labute approximate surface area is 183 Å². The third kappa shape index (κ3) is 3.62. The Kier molecular flexibility index (Phi) is 5.14. The van der Waals surface area contributed by atoms with Crippen LogP contribution >= 0.6 is 0 Å². The molecule has 1 aromatic carbocycles. The molecule has 166 valence electrons. The van der Waals surface area contributed by atoms with Crippen LogP contribution in [0.2, 0.25) is 0 Å². The summed E-state index contributed by atoms with van der Waals surface area (Å²) in [7, 11) is 0. The van der Waals surface area contributed by atoms with Gasteiger partial charge >= 0.3 is 6.08 Å². The smallest absolute Gasteiger partial charge is 0.312 e. The molecule has 1 aliphatic rings. The Morgan fingerprint density at radius 2 is 1.88 bits per heavy atom. The van der Waals surface area contributed by atoms with E-state index in [-0.39, 0.29) is 5.82 Å². The van der Waals surface area contributed by atoms with Crippen molar-refractivity contribution in [1.29, 1.82) is 0 Å². The van der Waals surface area contributed by atoms with Gasteiger partial charge < -0.3 is 29.9 Å². The number of ether oxygens (including phenoxy) is 2. The van der Waals surface area contributed by atoms with Gasteiger partial charge in [0.1, 0.15) is 30.6 Å². The van der Waals surface area contributed by atoms with Crippen LogP contribution in [-0.4, -0.2) is 39.3 Å². The second-order valence-electron chi connectivity index (χ2n) is 7.61. The fourth-order valence-corrected chi connectivity index (χ4v) is 3.91. The average Bonchev–Trinajstić information content (AvgIpc) is 3.35. The van der Waals surface area contributed by atoms with Gasteiger partial charge in [-0.3, -0.25) is 0 Å². The van der Waals surface area contributed by atoms with Crippen LogP contribution in [0.4, 0.5) is 10.2 Å². The molecule has 0 spiro atoms. The average molecular weight is 438 g/mol. The fourth-order valence-electron chi connectivity index (χ4n) is 3.91. The minimum Gasteiger partial charge on any atom is -0.486 e. The highest BCUT2D eigenvalue weighted by atomic mass is 19.1. The maximum atomic E-state index is 13.9. The summed E-state index contributed by atoms with van der Waals surface area (Å²) in [5.74, 6) is 3.51. The second kappa shape index (κ2) is 8.12. The van der Waals surface area contributed by atoms with Crippen molar-refractivity contribution in [3.63, 3.8) is 0 Å². The lowest BCUT2D eigenvalue weighted by Gasteiger charge is -2.21. The highest BCUT2D eigenvalue weighted by molar-refractivity contribution is 5.82. The number of hydrogen-bond acceptors (Lipinski definition) is 8. The number of furan rings is 1. The highest BCUT2D eigenvalue weighted by Crippen LogP contribution is 2.39. The Morgan fingerprint density at radius 1 is 1.09 bits per heavy atom. The first kappa shape index (κ1) is 20.3. The summed E-state index contributed by atoms with van der Waals surface area (Å²) < 4.78 is 33.2. The fraction of sp³-hybridized carbons (Fsp3) is 0.318. The van der Waals surface area contributed by atoms with Gasteiger partial charge in [0.05, 0.1) is 0 Å². The molecule has 9 nitrogen and oxygen atoms in total.